The van der Waals surface area contributed by atoms with E-state index >= 15 is 0 Å². The molecule has 2 aromatic heterocycles. The molecule has 0 aliphatic carbocycles. The summed E-state index contributed by atoms with van der Waals surface area (Å²) in [5, 5.41) is 3.99. The highest BCUT2D eigenvalue weighted by Crippen LogP contribution is 2.06. The number of aryl methyl sites for hydroxylation is 1. The molecule has 0 spiro atoms. The number of fused-ring (bicyclic) bond motifs is 1. The molecule has 2 heterocycles. The molecule has 5 heteroatoms. The van der Waals surface area contributed by atoms with Gasteiger partial charge in [-0.2, -0.15) is 14.6 Å². The maximum Gasteiger partial charge on any atom is 0.253 e. The Hall–Kier alpha value is -0.720. The lowest BCUT2D eigenvalue weighted by molar-refractivity contribution is 0.901. The highest BCUT2D eigenvalue weighted by atomic mass is 127. The van der Waals surface area contributed by atoms with Crippen LogP contribution in [0.5, 0.6) is 0 Å². The molecule has 0 saturated heterocycles. The molecule has 0 atom stereocenters. The number of hydrogen-bond donors (Lipinski definition) is 0. The number of nitrogens with zero attached hydrogens (tertiary/aromatic N) is 4. The van der Waals surface area contributed by atoms with E-state index in [2.05, 4.69) is 37.7 Å². The van der Waals surface area contributed by atoms with E-state index in [1.165, 1.54) is 6.33 Å². The average molecular weight is 260 g/mol. The molecular formula is C6H5IN4. The first kappa shape index (κ1) is 6.96. The van der Waals surface area contributed by atoms with Gasteiger partial charge in [0.25, 0.3) is 5.78 Å². The molecule has 0 aromatic carbocycles. The lowest BCUT2D eigenvalue weighted by atomic mass is 10.5. The maximum atomic E-state index is 4.18. The van der Waals surface area contributed by atoms with Gasteiger partial charge in [-0.25, -0.2) is 4.98 Å². The van der Waals surface area contributed by atoms with Crippen LogP contribution in [0.4, 0.5) is 0 Å². The van der Waals surface area contributed by atoms with Crippen LogP contribution < -0.4 is 0 Å². The number of halogens is 1. The molecule has 11 heavy (non-hydrogen) atoms. The Morgan fingerprint density at radius 3 is 3.18 bits per heavy atom. The smallest absolute Gasteiger partial charge is 0.216 e. The summed E-state index contributed by atoms with van der Waals surface area (Å²) in [6, 6.07) is 1.96. The first-order chi connectivity index (χ1) is 5.27. The standard InChI is InChI=1S/C6H5IN4/c1-4-2-5(7)11-6(10-4)8-3-9-11/h2-3H,1H3. The van der Waals surface area contributed by atoms with Crippen LogP contribution in [0.1, 0.15) is 5.69 Å². The second kappa shape index (κ2) is 2.40. The second-order valence-corrected chi connectivity index (χ2v) is 3.30. The molecule has 56 valence electrons. The Labute approximate surface area is 76.8 Å². The fourth-order valence-electron chi connectivity index (χ4n) is 0.886. The van der Waals surface area contributed by atoms with Crippen molar-refractivity contribution in [2.45, 2.75) is 6.92 Å². The predicted molar refractivity (Wildman–Crippen MR) is 48.2 cm³/mol. The maximum absolute atomic E-state index is 4.18. The van der Waals surface area contributed by atoms with Crippen LogP contribution >= 0.6 is 22.6 Å². The fraction of sp³-hybridized carbons (Fsp3) is 0.167. The molecule has 0 saturated carbocycles. The Morgan fingerprint density at radius 1 is 1.55 bits per heavy atom. The summed E-state index contributed by atoms with van der Waals surface area (Å²) in [7, 11) is 0. The van der Waals surface area contributed by atoms with E-state index in [1.807, 2.05) is 13.0 Å². The van der Waals surface area contributed by atoms with E-state index in [0.717, 1.165) is 9.39 Å². The van der Waals surface area contributed by atoms with Crippen LogP contribution in [0, 0.1) is 10.6 Å². The predicted octanol–water partition coefficient (Wildman–Crippen LogP) is 1.04. The SMILES string of the molecule is Cc1cc(I)n2ncnc2n1. The van der Waals surface area contributed by atoms with E-state index in [1.54, 1.807) is 4.52 Å². The van der Waals surface area contributed by atoms with Gasteiger partial charge in [-0.1, -0.05) is 0 Å². The highest BCUT2D eigenvalue weighted by molar-refractivity contribution is 14.1. The van der Waals surface area contributed by atoms with Crippen molar-refractivity contribution in [3.8, 4) is 0 Å². The molecule has 0 N–H and O–H groups in total. The molecule has 0 amide bonds. The number of aromatic nitrogens is 4. The second-order valence-electron chi connectivity index (χ2n) is 2.19. The minimum absolute atomic E-state index is 0.661. The summed E-state index contributed by atoms with van der Waals surface area (Å²) in [5.74, 6) is 0.661. The van der Waals surface area contributed by atoms with E-state index in [-0.39, 0.29) is 0 Å². The van der Waals surface area contributed by atoms with Crippen LogP contribution in [0.3, 0.4) is 0 Å². The van der Waals surface area contributed by atoms with E-state index < -0.39 is 0 Å². The largest absolute Gasteiger partial charge is 0.253 e. The van der Waals surface area contributed by atoms with E-state index in [9.17, 15) is 0 Å². The van der Waals surface area contributed by atoms with Gasteiger partial charge in [0.15, 0.2) is 0 Å². The number of hydrogen-bond acceptors (Lipinski definition) is 3. The molecule has 2 rings (SSSR count). The summed E-state index contributed by atoms with van der Waals surface area (Å²) in [5.41, 5.74) is 0.968. The lowest BCUT2D eigenvalue weighted by Gasteiger charge is -1.95. The van der Waals surface area contributed by atoms with Gasteiger partial charge in [-0.15, -0.1) is 0 Å². The van der Waals surface area contributed by atoms with Gasteiger partial charge < -0.3 is 0 Å². The third kappa shape index (κ3) is 1.09. The minimum Gasteiger partial charge on any atom is -0.216 e. The quantitative estimate of drug-likeness (QED) is 0.525. The Morgan fingerprint density at radius 2 is 2.36 bits per heavy atom. The first-order valence-corrected chi connectivity index (χ1v) is 4.18. The summed E-state index contributed by atoms with van der Waals surface area (Å²) in [4.78, 5) is 8.16. The highest BCUT2D eigenvalue weighted by Gasteiger charge is 2.00. The Balaban J connectivity index is 2.91. The van der Waals surface area contributed by atoms with Crippen molar-refractivity contribution in [2.75, 3.05) is 0 Å². The minimum atomic E-state index is 0.661. The van der Waals surface area contributed by atoms with Crippen molar-refractivity contribution >= 4 is 28.4 Å². The van der Waals surface area contributed by atoms with Crippen molar-refractivity contribution in [2.24, 2.45) is 0 Å². The van der Waals surface area contributed by atoms with Gasteiger partial charge in [0, 0.05) is 5.69 Å². The normalized spacial score (nSPS) is 10.7. The van der Waals surface area contributed by atoms with E-state index in [0.29, 0.717) is 5.78 Å². The molecule has 0 radical (unpaired) electrons. The summed E-state index contributed by atoms with van der Waals surface area (Å²) in [6.07, 6.45) is 1.50. The van der Waals surface area contributed by atoms with Crippen LogP contribution in [-0.2, 0) is 0 Å². The molecule has 0 unspecified atom stereocenters. The van der Waals surface area contributed by atoms with Gasteiger partial charge in [0.05, 0.1) is 0 Å². The van der Waals surface area contributed by atoms with Crippen LogP contribution in [0.2, 0.25) is 0 Å². The zero-order valence-electron chi connectivity index (χ0n) is 5.82. The van der Waals surface area contributed by atoms with Crippen molar-refractivity contribution in [3.63, 3.8) is 0 Å². The van der Waals surface area contributed by atoms with E-state index in [4.69, 9.17) is 0 Å². The van der Waals surface area contributed by atoms with Crippen molar-refractivity contribution in [1.29, 1.82) is 0 Å². The zero-order valence-corrected chi connectivity index (χ0v) is 7.98. The van der Waals surface area contributed by atoms with Crippen LogP contribution in [-0.4, -0.2) is 19.6 Å². The zero-order chi connectivity index (χ0) is 7.84. The average Bonchev–Trinajstić information content (AvgIpc) is 2.34. The van der Waals surface area contributed by atoms with Gasteiger partial charge in [0.2, 0.25) is 0 Å². The Kier molecular flexibility index (Phi) is 1.52. The molecule has 0 aliphatic heterocycles. The fourth-order valence-corrected chi connectivity index (χ4v) is 1.68. The van der Waals surface area contributed by atoms with Crippen molar-refractivity contribution in [3.05, 3.63) is 21.8 Å². The van der Waals surface area contributed by atoms with Gasteiger partial charge in [-0.3, -0.25) is 0 Å². The third-order valence-corrected chi connectivity index (χ3v) is 2.10. The first-order valence-electron chi connectivity index (χ1n) is 3.10. The summed E-state index contributed by atoms with van der Waals surface area (Å²) < 4.78 is 2.73. The summed E-state index contributed by atoms with van der Waals surface area (Å²) in [6.45, 7) is 1.94. The molecular weight excluding hydrogens is 255 g/mol. The number of rotatable bonds is 0. The van der Waals surface area contributed by atoms with Crippen molar-refractivity contribution in [1.82, 2.24) is 19.6 Å². The van der Waals surface area contributed by atoms with Gasteiger partial charge >= 0.3 is 0 Å². The molecule has 0 aliphatic rings. The van der Waals surface area contributed by atoms with Crippen LogP contribution in [0.25, 0.3) is 5.78 Å². The lowest BCUT2D eigenvalue weighted by Crippen LogP contribution is -1.97. The Bertz CT molecular complexity index is 394. The monoisotopic (exact) mass is 260 g/mol. The third-order valence-electron chi connectivity index (χ3n) is 1.34. The van der Waals surface area contributed by atoms with Gasteiger partial charge in [0.1, 0.15) is 10.0 Å². The summed E-state index contributed by atoms with van der Waals surface area (Å²) >= 11 is 2.20. The molecule has 0 bridgehead atoms. The molecule has 4 nitrogen and oxygen atoms in total. The van der Waals surface area contributed by atoms with Crippen LogP contribution in [0.15, 0.2) is 12.4 Å². The molecule has 2 aromatic rings. The topological polar surface area (TPSA) is 43.1 Å². The van der Waals surface area contributed by atoms with Gasteiger partial charge in [-0.05, 0) is 35.6 Å². The van der Waals surface area contributed by atoms with Crippen molar-refractivity contribution < 1.29 is 0 Å². The molecule has 0 fully saturated rings.